The van der Waals surface area contributed by atoms with E-state index in [1.165, 1.54) is 11.1 Å². The first-order valence-corrected chi connectivity index (χ1v) is 5.98. The van der Waals surface area contributed by atoms with Crippen LogP contribution >= 0.6 is 11.6 Å². The first-order chi connectivity index (χ1) is 7.84. The summed E-state index contributed by atoms with van der Waals surface area (Å²) in [6.45, 7) is 3.15. The number of hydrogen-bond donors (Lipinski definition) is 1. The standard InChI is InChI=1S/C12H14ClNO2/c13-10-6-9(11-7-15-4-2-14-11)5-8-1-3-16-12(8)10/h5-6,11,14H,1-4,7H2. The van der Waals surface area contributed by atoms with E-state index in [4.69, 9.17) is 21.1 Å². The zero-order valence-corrected chi connectivity index (χ0v) is 9.72. The molecule has 0 amide bonds. The molecule has 1 saturated heterocycles. The van der Waals surface area contributed by atoms with Gasteiger partial charge in [0.1, 0.15) is 5.75 Å². The number of benzene rings is 1. The summed E-state index contributed by atoms with van der Waals surface area (Å²) >= 11 is 6.20. The smallest absolute Gasteiger partial charge is 0.141 e. The molecule has 3 nitrogen and oxygen atoms in total. The van der Waals surface area contributed by atoms with Gasteiger partial charge in [-0.15, -0.1) is 0 Å². The van der Waals surface area contributed by atoms with Crippen LogP contribution in [0.25, 0.3) is 0 Å². The van der Waals surface area contributed by atoms with Crippen LogP contribution < -0.4 is 10.1 Å². The number of ether oxygens (including phenoxy) is 2. The Balaban J connectivity index is 1.92. The molecule has 4 heteroatoms. The van der Waals surface area contributed by atoms with Crippen molar-refractivity contribution >= 4 is 11.6 Å². The third-order valence-corrected chi connectivity index (χ3v) is 3.37. The number of rotatable bonds is 1. The van der Waals surface area contributed by atoms with Gasteiger partial charge >= 0.3 is 0 Å². The number of hydrogen-bond acceptors (Lipinski definition) is 3. The van der Waals surface area contributed by atoms with E-state index in [-0.39, 0.29) is 6.04 Å². The fraction of sp³-hybridized carbons (Fsp3) is 0.500. The zero-order chi connectivity index (χ0) is 11.0. The number of fused-ring (bicyclic) bond motifs is 1. The Bertz CT molecular complexity index is 402. The molecule has 1 unspecified atom stereocenters. The third-order valence-electron chi connectivity index (χ3n) is 3.08. The second kappa shape index (κ2) is 4.24. The monoisotopic (exact) mass is 239 g/mol. The molecule has 0 radical (unpaired) electrons. The Labute approximate surface area is 99.7 Å². The van der Waals surface area contributed by atoms with E-state index in [2.05, 4.69) is 11.4 Å². The Morgan fingerprint density at radius 3 is 3.06 bits per heavy atom. The lowest BCUT2D eigenvalue weighted by molar-refractivity contribution is 0.0768. The highest BCUT2D eigenvalue weighted by atomic mass is 35.5. The maximum Gasteiger partial charge on any atom is 0.141 e. The van der Waals surface area contributed by atoms with Gasteiger partial charge in [0, 0.05) is 13.0 Å². The normalized spacial score (nSPS) is 23.9. The largest absolute Gasteiger partial charge is 0.491 e. The van der Waals surface area contributed by atoms with E-state index in [0.29, 0.717) is 0 Å². The molecule has 1 N–H and O–H groups in total. The van der Waals surface area contributed by atoms with Crippen molar-refractivity contribution in [3.63, 3.8) is 0 Å². The van der Waals surface area contributed by atoms with Gasteiger partial charge in [0.05, 0.1) is 30.9 Å². The molecule has 0 spiro atoms. The summed E-state index contributed by atoms with van der Waals surface area (Å²) in [5, 5.41) is 4.15. The average molecular weight is 240 g/mol. The van der Waals surface area contributed by atoms with Gasteiger partial charge in [-0.05, 0) is 17.2 Å². The molecule has 2 heterocycles. The third kappa shape index (κ3) is 1.79. The van der Waals surface area contributed by atoms with Crippen LogP contribution in [0, 0.1) is 0 Å². The van der Waals surface area contributed by atoms with Crippen LogP contribution in [0.5, 0.6) is 5.75 Å². The van der Waals surface area contributed by atoms with Crippen LogP contribution in [0.15, 0.2) is 12.1 Å². The van der Waals surface area contributed by atoms with E-state index < -0.39 is 0 Å². The Morgan fingerprint density at radius 2 is 2.25 bits per heavy atom. The predicted octanol–water partition coefficient (Wildman–Crippen LogP) is 1.94. The van der Waals surface area contributed by atoms with Gasteiger partial charge in [0.2, 0.25) is 0 Å². The number of morpholine rings is 1. The van der Waals surface area contributed by atoms with Crippen LogP contribution in [0.1, 0.15) is 17.2 Å². The first-order valence-electron chi connectivity index (χ1n) is 5.61. The minimum Gasteiger partial charge on any atom is -0.491 e. The van der Waals surface area contributed by atoms with E-state index in [9.17, 15) is 0 Å². The Kier molecular flexibility index (Phi) is 2.75. The summed E-state index contributed by atoms with van der Waals surface area (Å²) < 4.78 is 10.9. The summed E-state index contributed by atoms with van der Waals surface area (Å²) in [5.74, 6) is 0.863. The fourth-order valence-electron chi connectivity index (χ4n) is 2.26. The number of nitrogens with one attached hydrogen (secondary N) is 1. The Morgan fingerprint density at radius 1 is 1.31 bits per heavy atom. The van der Waals surface area contributed by atoms with Crippen molar-refractivity contribution in [1.29, 1.82) is 0 Å². The van der Waals surface area contributed by atoms with E-state index in [1.54, 1.807) is 0 Å². The highest BCUT2D eigenvalue weighted by molar-refractivity contribution is 6.32. The summed E-state index contributed by atoms with van der Waals surface area (Å²) in [5.41, 5.74) is 2.42. The van der Waals surface area contributed by atoms with Crippen LogP contribution in [0.4, 0.5) is 0 Å². The summed E-state index contributed by atoms with van der Waals surface area (Å²) in [7, 11) is 0. The quantitative estimate of drug-likeness (QED) is 0.813. The van der Waals surface area contributed by atoms with Crippen molar-refractivity contribution in [2.75, 3.05) is 26.4 Å². The highest BCUT2D eigenvalue weighted by Gasteiger charge is 2.21. The minimum absolute atomic E-state index is 0.261. The maximum atomic E-state index is 6.20. The molecule has 2 aliphatic heterocycles. The van der Waals surface area contributed by atoms with Crippen LogP contribution in [-0.4, -0.2) is 26.4 Å². The lowest BCUT2D eigenvalue weighted by Crippen LogP contribution is -2.34. The highest BCUT2D eigenvalue weighted by Crippen LogP contribution is 2.36. The van der Waals surface area contributed by atoms with Crippen molar-refractivity contribution in [3.05, 3.63) is 28.3 Å². The molecule has 0 saturated carbocycles. The van der Waals surface area contributed by atoms with Gasteiger partial charge in [-0.1, -0.05) is 17.7 Å². The van der Waals surface area contributed by atoms with Gasteiger partial charge in [-0.25, -0.2) is 0 Å². The van der Waals surface area contributed by atoms with E-state index >= 15 is 0 Å². The predicted molar refractivity (Wildman–Crippen MR) is 62.2 cm³/mol. The lowest BCUT2D eigenvalue weighted by Gasteiger charge is -2.24. The molecule has 0 aliphatic carbocycles. The molecule has 1 aromatic rings. The van der Waals surface area contributed by atoms with Crippen LogP contribution in [-0.2, 0) is 11.2 Å². The van der Waals surface area contributed by atoms with Crippen molar-refractivity contribution < 1.29 is 9.47 Å². The topological polar surface area (TPSA) is 30.5 Å². The van der Waals surface area contributed by atoms with Gasteiger partial charge in [0.15, 0.2) is 0 Å². The molecular weight excluding hydrogens is 226 g/mol. The van der Waals surface area contributed by atoms with Gasteiger partial charge < -0.3 is 14.8 Å². The SMILES string of the molecule is Clc1cc(C2COCCN2)cc2c1OCC2. The molecule has 3 rings (SSSR count). The molecule has 0 aromatic heterocycles. The van der Waals surface area contributed by atoms with Crippen molar-refractivity contribution in [3.8, 4) is 5.75 Å². The van der Waals surface area contributed by atoms with Crippen molar-refractivity contribution in [1.82, 2.24) is 5.32 Å². The fourth-order valence-corrected chi connectivity index (χ4v) is 2.57. The molecule has 86 valence electrons. The van der Waals surface area contributed by atoms with Crippen LogP contribution in [0.2, 0.25) is 5.02 Å². The van der Waals surface area contributed by atoms with E-state index in [0.717, 1.165) is 43.6 Å². The maximum absolute atomic E-state index is 6.20. The zero-order valence-electron chi connectivity index (χ0n) is 8.96. The van der Waals surface area contributed by atoms with Gasteiger partial charge in [-0.3, -0.25) is 0 Å². The Hall–Kier alpha value is -0.770. The molecule has 1 aromatic carbocycles. The molecule has 2 aliphatic rings. The van der Waals surface area contributed by atoms with Gasteiger partial charge in [0.25, 0.3) is 0 Å². The van der Waals surface area contributed by atoms with Crippen molar-refractivity contribution in [2.24, 2.45) is 0 Å². The summed E-state index contributed by atoms with van der Waals surface area (Å²) in [6.07, 6.45) is 0.955. The van der Waals surface area contributed by atoms with Crippen LogP contribution in [0.3, 0.4) is 0 Å². The second-order valence-corrected chi connectivity index (χ2v) is 4.58. The summed E-state index contributed by atoms with van der Waals surface area (Å²) in [4.78, 5) is 0. The second-order valence-electron chi connectivity index (χ2n) is 4.17. The minimum atomic E-state index is 0.261. The average Bonchev–Trinajstić information content (AvgIpc) is 2.79. The van der Waals surface area contributed by atoms with Gasteiger partial charge in [-0.2, -0.15) is 0 Å². The molecular formula is C12H14ClNO2. The summed E-state index contributed by atoms with van der Waals surface area (Å²) in [6, 6.07) is 4.43. The molecule has 1 fully saturated rings. The lowest BCUT2D eigenvalue weighted by atomic mass is 10.0. The van der Waals surface area contributed by atoms with E-state index in [1.807, 2.05) is 6.07 Å². The number of halogens is 1. The molecule has 16 heavy (non-hydrogen) atoms. The van der Waals surface area contributed by atoms with Crippen molar-refractivity contribution in [2.45, 2.75) is 12.5 Å². The molecule has 1 atom stereocenters. The molecule has 0 bridgehead atoms. The first kappa shape index (κ1) is 10.4.